The molecule has 1 aromatic heterocycles. The average molecular weight is 237 g/mol. The van der Waals surface area contributed by atoms with Gasteiger partial charge in [0.2, 0.25) is 0 Å². The highest BCUT2D eigenvalue weighted by atomic mass is 16.3. The molecule has 5 nitrogen and oxygen atoms in total. The summed E-state index contributed by atoms with van der Waals surface area (Å²) in [7, 11) is 3.40. The molecule has 0 saturated heterocycles. The number of carbonyl (C=O) groups excluding carboxylic acids is 1. The monoisotopic (exact) mass is 237 g/mol. The summed E-state index contributed by atoms with van der Waals surface area (Å²) in [6, 6.07) is 3.44. The number of carbonyl (C=O) groups is 1. The molecule has 94 valence electrons. The van der Waals surface area contributed by atoms with Gasteiger partial charge < -0.3 is 15.3 Å². The molecule has 0 aliphatic rings. The fraction of sp³-hybridized carbons (Fsp3) is 0.500. The van der Waals surface area contributed by atoms with Gasteiger partial charge in [-0.25, -0.2) is 4.98 Å². The molecule has 1 heterocycles. The number of aliphatic hydroxyl groups is 1. The Labute approximate surface area is 101 Å². The van der Waals surface area contributed by atoms with Gasteiger partial charge in [0.1, 0.15) is 5.82 Å². The molecule has 0 spiro atoms. The van der Waals surface area contributed by atoms with Crippen LogP contribution >= 0.6 is 0 Å². The maximum atomic E-state index is 11.6. The van der Waals surface area contributed by atoms with Crippen molar-refractivity contribution in [1.29, 1.82) is 0 Å². The van der Waals surface area contributed by atoms with E-state index in [0.29, 0.717) is 11.4 Å². The lowest BCUT2D eigenvalue weighted by Gasteiger charge is -2.24. The molecule has 0 saturated carbocycles. The van der Waals surface area contributed by atoms with E-state index in [0.717, 1.165) is 0 Å². The van der Waals surface area contributed by atoms with E-state index < -0.39 is 5.54 Å². The Morgan fingerprint density at radius 2 is 2.12 bits per heavy atom. The van der Waals surface area contributed by atoms with E-state index in [1.165, 1.54) is 11.1 Å². The number of nitrogens with zero attached hydrogens (tertiary/aromatic N) is 2. The normalized spacial score (nSPS) is 11.1. The Hall–Kier alpha value is -1.62. The summed E-state index contributed by atoms with van der Waals surface area (Å²) in [5.74, 6) is 0.560. The third-order valence-electron chi connectivity index (χ3n) is 2.28. The Morgan fingerprint density at radius 3 is 2.53 bits per heavy atom. The van der Waals surface area contributed by atoms with Gasteiger partial charge in [0, 0.05) is 20.3 Å². The van der Waals surface area contributed by atoms with Crippen LogP contribution in [0.25, 0.3) is 0 Å². The fourth-order valence-corrected chi connectivity index (χ4v) is 1.24. The minimum absolute atomic E-state index is 0.00700. The second kappa shape index (κ2) is 5.14. The van der Waals surface area contributed by atoms with Crippen LogP contribution < -0.4 is 5.32 Å². The molecule has 0 unspecified atom stereocenters. The van der Waals surface area contributed by atoms with Gasteiger partial charge in [-0.15, -0.1) is 0 Å². The van der Waals surface area contributed by atoms with Gasteiger partial charge in [-0.3, -0.25) is 4.79 Å². The molecule has 0 fully saturated rings. The maximum absolute atomic E-state index is 11.6. The molecule has 0 aromatic carbocycles. The van der Waals surface area contributed by atoms with E-state index in [4.69, 9.17) is 5.11 Å². The number of rotatable bonds is 4. The van der Waals surface area contributed by atoms with Crippen LogP contribution in [0.1, 0.15) is 24.2 Å². The fourth-order valence-electron chi connectivity index (χ4n) is 1.24. The van der Waals surface area contributed by atoms with Crippen molar-refractivity contribution in [1.82, 2.24) is 9.88 Å². The largest absolute Gasteiger partial charge is 0.394 e. The van der Waals surface area contributed by atoms with E-state index in [1.807, 2.05) is 13.8 Å². The van der Waals surface area contributed by atoms with Crippen molar-refractivity contribution in [3.8, 4) is 0 Å². The van der Waals surface area contributed by atoms with Gasteiger partial charge in [0.05, 0.1) is 17.7 Å². The number of anilines is 1. The van der Waals surface area contributed by atoms with E-state index in [2.05, 4.69) is 10.3 Å². The van der Waals surface area contributed by atoms with Crippen LogP contribution in [0.2, 0.25) is 0 Å². The van der Waals surface area contributed by atoms with Gasteiger partial charge >= 0.3 is 0 Å². The van der Waals surface area contributed by atoms with Gasteiger partial charge in [0.25, 0.3) is 5.91 Å². The first-order valence-corrected chi connectivity index (χ1v) is 5.42. The summed E-state index contributed by atoms with van der Waals surface area (Å²) < 4.78 is 0. The Balaban J connectivity index is 2.78. The SMILES string of the molecule is CN(C)C(=O)c1ccc(NC(C)(C)CO)nc1. The second-order valence-electron chi connectivity index (χ2n) is 4.80. The molecule has 1 amide bonds. The Morgan fingerprint density at radius 1 is 1.47 bits per heavy atom. The zero-order valence-corrected chi connectivity index (χ0v) is 10.7. The van der Waals surface area contributed by atoms with Crippen molar-refractivity contribution < 1.29 is 9.90 Å². The topological polar surface area (TPSA) is 65.5 Å². The summed E-state index contributed by atoms with van der Waals surface area (Å²) >= 11 is 0. The molecule has 17 heavy (non-hydrogen) atoms. The molecule has 0 bridgehead atoms. The number of amides is 1. The minimum Gasteiger partial charge on any atom is -0.394 e. The van der Waals surface area contributed by atoms with E-state index >= 15 is 0 Å². The van der Waals surface area contributed by atoms with E-state index in [-0.39, 0.29) is 12.5 Å². The first-order valence-electron chi connectivity index (χ1n) is 5.42. The standard InChI is InChI=1S/C12H19N3O2/c1-12(2,8-16)14-10-6-5-9(7-13-10)11(17)15(3)4/h5-7,16H,8H2,1-4H3,(H,13,14). The average Bonchev–Trinajstić information content (AvgIpc) is 2.28. The molecule has 0 atom stereocenters. The van der Waals surface area contributed by atoms with Crippen LogP contribution in [0.15, 0.2) is 18.3 Å². The van der Waals surface area contributed by atoms with Crippen LogP contribution in [0.4, 0.5) is 5.82 Å². The highest BCUT2D eigenvalue weighted by Crippen LogP contribution is 2.12. The third kappa shape index (κ3) is 3.71. The number of hydrogen-bond acceptors (Lipinski definition) is 4. The molecular weight excluding hydrogens is 218 g/mol. The van der Waals surface area contributed by atoms with Crippen LogP contribution in [0, 0.1) is 0 Å². The molecule has 1 rings (SSSR count). The number of nitrogens with one attached hydrogen (secondary N) is 1. The second-order valence-corrected chi connectivity index (χ2v) is 4.80. The molecule has 0 radical (unpaired) electrons. The highest BCUT2D eigenvalue weighted by Gasteiger charge is 2.16. The van der Waals surface area contributed by atoms with Crippen molar-refractivity contribution in [3.63, 3.8) is 0 Å². The summed E-state index contributed by atoms with van der Waals surface area (Å²) in [6.07, 6.45) is 1.53. The predicted octanol–water partition coefficient (Wildman–Crippen LogP) is 0.966. The number of aliphatic hydroxyl groups excluding tert-OH is 1. The maximum Gasteiger partial charge on any atom is 0.254 e. The van der Waals surface area contributed by atoms with Crippen molar-refractivity contribution >= 4 is 11.7 Å². The molecule has 2 N–H and O–H groups in total. The van der Waals surface area contributed by atoms with Crippen LogP contribution in [-0.2, 0) is 0 Å². The van der Waals surface area contributed by atoms with Crippen molar-refractivity contribution in [2.24, 2.45) is 0 Å². The lowest BCUT2D eigenvalue weighted by atomic mass is 10.1. The zero-order valence-electron chi connectivity index (χ0n) is 10.7. The molecule has 0 aliphatic carbocycles. The first-order chi connectivity index (χ1) is 7.85. The van der Waals surface area contributed by atoms with Crippen LogP contribution in [-0.4, -0.2) is 47.1 Å². The van der Waals surface area contributed by atoms with Gasteiger partial charge in [-0.1, -0.05) is 0 Å². The van der Waals surface area contributed by atoms with Gasteiger partial charge in [-0.05, 0) is 26.0 Å². The first kappa shape index (κ1) is 13.4. The van der Waals surface area contributed by atoms with Crippen molar-refractivity contribution in [2.75, 3.05) is 26.0 Å². The zero-order chi connectivity index (χ0) is 13.1. The number of hydrogen-bond donors (Lipinski definition) is 2. The summed E-state index contributed by atoms with van der Waals surface area (Å²) in [4.78, 5) is 17.3. The highest BCUT2D eigenvalue weighted by molar-refractivity contribution is 5.93. The van der Waals surface area contributed by atoms with E-state index in [1.54, 1.807) is 26.2 Å². The van der Waals surface area contributed by atoms with Crippen LogP contribution in [0.5, 0.6) is 0 Å². The number of aromatic nitrogens is 1. The summed E-state index contributed by atoms with van der Waals surface area (Å²) in [5, 5.41) is 12.2. The molecule has 0 aliphatic heterocycles. The van der Waals surface area contributed by atoms with Crippen molar-refractivity contribution in [3.05, 3.63) is 23.9 Å². The quantitative estimate of drug-likeness (QED) is 0.819. The molecular formula is C12H19N3O2. The lowest BCUT2D eigenvalue weighted by molar-refractivity contribution is 0.0827. The van der Waals surface area contributed by atoms with Crippen molar-refractivity contribution in [2.45, 2.75) is 19.4 Å². The molecule has 1 aromatic rings. The third-order valence-corrected chi connectivity index (χ3v) is 2.28. The lowest BCUT2D eigenvalue weighted by Crippen LogP contribution is -2.35. The van der Waals surface area contributed by atoms with Crippen LogP contribution in [0.3, 0.4) is 0 Å². The van der Waals surface area contributed by atoms with Gasteiger partial charge in [0.15, 0.2) is 0 Å². The predicted molar refractivity (Wildman–Crippen MR) is 67.0 cm³/mol. The smallest absolute Gasteiger partial charge is 0.254 e. The van der Waals surface area contributed by atoms with E-state index in [9.17, 15) is 4.79 Å². The summed E-state index contributed by atoms with van der Waals surface area (Å²) in [6.45, 7) is 3.74. The Bertz CT molecular complexity index is 385. The van der Waals surface area contributed by atoms with Gasteiger partial charge in [-0.2, -0.15) is 0 Å². The Kier molecular flexibility index (Phi) is 4.07. The summed E-state index contributed by atoms with van der Waals surface area (Å²) in [5.41, 5.74) is 0.113. The molecule has 5 heteroatoms. The number of pyridine rings is 1. The minimum atomic E-state index is -0.430.